The molecule has 0 spiro atoms. The number of nitrogens with zero attached hydrogens (tertiary/aromatic N) is 3. The summed E-state index contributed by atoms with van der Waals surface area (Å²) in [6, 6.07) is 8.04. The van der Waals surface area contributed by atoms with Crippen LogP contribution in [0.3, 0.4) is 0 Å². The number of rotatable bonds is 7. The predicted octanol–water partition coefficient (Wildman–Crippen LogP) is 1.14. The maximum atomic E-state index is 12.8. The number of hydrogen-bond donors (Lipinski definition) is 2. The molecule has 1 atom stereocenters. The number of oxime groups is 1. The van der Waals surface area contributed by atoms with Gasteiger partial charge in [-0.3, -0.25) is 9.79 Å². The summed E-state index contributed by atoms with van der Waals surface area (Å²) in [6.45, 7) is 0.734. The van der Waals surface area contributed by atoms with Crippen LogP contribution >= 0.6 is 0 Å². The lowest BCUT2D eigenvalue weighted by molar-refractivity contribution is -0.149. The first kappa shape index (κ1) is 20.3. The summed E-state index contributed by atoms with van der Waals surface area (Å²) in [4.78, 5) is 35.0. The molecule has 9 heteroatoms. The molecule has 1 aromatic carbocycles. The van der Waals surface area contributed by atoms with Gasteiger partial charge >= 0.3 is 5.97 Å². The lowest BCUT2D eigenvalue weighted by atomic mass is 10.0. The Kier molecular flexibility index (Phi) is 5.98. The molecule has 160 valence electrons. The minimum absolute atomic E-state index is 0.0946. The number of carbonyl (C=O) groups excluding carboxylic acids is 1. The zero-order valence-corrected chi connectivity index (χ0v) is 16.7. The zero-order valence-electron chi connectivity index (χ0n) is 16.7. The van der Waals surface area contributed by atoms with Crippen LogP contribution < -0.4 is 5.73 Å². The highest BCUT2D eigenvalue weighted by atomic mass is 16.6. The van der Waals surface area contributed by atoms with Gasteiger partial charge in [0.05, 0.1) is 17.9 Å². The Hall–Kier alpha value is -2.94. The number of amides is 1. The Morgan fingerprint density at radius 3 is 2.53 bits per heavy atom. The van der Waals surface area contributed by atoms with Gasteiger partial charge < -0.3 is 25.3 Å². The molecular formula is C21H26N4O5. The second-order valence-corrected chi connectivity index (χ2v) is 7.89. The third-order valence-corrected chi connectivity index (χ3v) is 5.52. The van der Waals surface area contributed by atoms with E-state index in [4.69, 9.17) is 20.4 Å². The molecule has 1 saturated carbocycles. The van der Waals surface area contributed by atoms with E-state index in [1.54, 1.807) is 4.90 Å². The minimum Gasteiger partial charge on any atom is -0.480 e. The van der Waals surface area contributed by atoms with Crippen LogP contribution in [-0.4, -0.2) is 71.4 Å². The van der Waals surface area contributed by atoms with Crippen molar-refractivity contribution in [1.82, 2.24) is 4.90 Å². The van der Waals surface area contributed by atoms with Gasteiger partial charge in [0, 0.05) is 25.1 Å². The maximum absolute atomic E-state index is 12.8. The van der Waals surface area contributed by atoms with Crippen LogP contribution in [0.15, 0.2) is 34.4 Å². The van der Waals surface area contributed by atoms with Gasteiger partial charge in [-0.1, -0.05) is 29.4 Å². The SMILES string of the molecule is NC(=NC1CC1)c1ccc(C2=NOC(C(=O)N3CCC(OCC(=O)O)CC3)C2)cc1. The van der Waals surface area contributed by atoms with Crippen molar-refractivity contribution >= 4 is 23.4 Å². The molecule has 3 N–H and O–H groups in total. The molecule has 0 radical (unpaired) electrons. The average Bonchev–Trinajstić information content (AvgIpc) is 3.43. The second-order valence-electron chi connectivity index (χ2n) is 7.89. The van der Waals surface area contributed by atoms with Crippen LogP contribution in [0, 0.1) is 0 Å². The summed E-state index contributed by atoms with van der Waals surface area (Å²) in [7, 11) is 0. The molecule has 2 fully saturated rings. The van der Waals surface area contributed by atoms with Crippen molar-refractivity contribution < 1.29 is 24.3 Å². The molecule has 9 nitrogen and oxygen atoms in total. The van der Waals surface area contributed by atoms with Crippen LogP contribution in [0.25, 0.3) is 0 Å². The molecule has 1 saturated heterocycles. The molecule has 1 aliphatic carbocycles. The number of benzene rings is 1. The highest BCUT2D eigenvalue weighted by Gasteiger charge is 2.34. The number of carboxylic acid groups (broad SMARTS) is 1. The summed E-state index contributed by atoms with van der Waals surface area (Å²) < 4.78 is 5.32. The van der Waals surface area contributed by atoms with Crippen molar-refractivity contribution in [2.75, 3.05) is 19.7 Å². The quantitative estimate of drug-likeness (QED) is 0.509. The van der Waals surface area contributed by atoms with E-state index in [9.17, 15) is 9.59 Å². The van der Waals surface area contributed by atoms with E-state index in [-0.39, 0.29) is 18.6 Å². The van der Waals surface area contributed by atoms with Crippen LogP contribution in [0.2, 0.25) is 0 Å². The van der Waals surface area contributed by atoms with Gasteiger partial charge in [-0.15, -0.1) is 0 Å². The number of ether oxygens (including phenoxy) is 1. The van der Waals surface area contributed by atoms with Crippen molar-refractivity contribution in [3.8, 4) is 0 Å². The average molecular weight is 414 g/mol. The van der Waals surface area contributed by atoms with Gasteiger partial charge in [0.1, 0.15) is 12.4 Å². The fraction of sp³-hybridized carbons (Fsp3) is 0.524. The molecule has 3 aliphatic rings. The van der Waals surface area contributed by atoms with Gasteiger partial charge in [0.15, 0.2) is 0 Å². The molecule has 0 aromatic heterocycles. The normalized spacial score (nSPS) is 22.5. The highest BCUT2D eigenvalue weighted by Crippen LogP contribution is 2.24. The molecule has 2 aliphatic heterocycles. The Bertz CT molecular complexity index is 855. The first-order valence-corrected chi connectivity index (χ1v) is 10.3. The number of hydrogen-bond acceptors (Lipinski definition) is 6. The molecule has 4 rings (SSSR count). The summed E-state index contributed by atoms with van der Waals surface area (Å²) in [5.41, 5.74) is 8.55. The largest absolute Gasteiger partial charge is 0.480 e. The third kappa shape index (κ3) is 4.96. The van der Waals surface area contributed by atoms with Crippen LogP contribution in [0.4, 0.5) is 0 Å². The van der Waals surface area contributed by atoms with E-state index in [1.807, 2.05) is 24.3 Å². The van der Waals surface area contributed by atoms with Crippen molar-refractivity contribution in [3.63, 3.8) is 0 Å². The summed E-state index contributed by atoms with van der Waals surface area (Å²) in [5, 5.41) is 12.8. The fourth-order valence-electron chi connectivity index (χ4n) is 3.62. The third-order valence-electron chi connectivity index (χ3n) is 5.52. The molecule has 1 unspecified atom stereocenters. The molecule has 0 bridgehead atoms. The lowest BCUT2D eigenvalue weighted by Crippen LogP contribution is -2.45. The monoisotopic (exact) mass is 414 g/mol. The van der Waals surface area contributed by atoms with Crippen LogP contribution in [-0.2, 0) is 19.2 Å². The molecular weight excluding hydrogens is 388 g/mol. The number of carbonyl (C=O) groups is 2. The van der Waals surface area contributed by atoms with Crippen molar-refractivity contribution in [3.05, 3.63) is 35.4 Å². The number of aliphatic imine (C=N–C) groups is 1. The Morgan fingerprint density at radius 2 is 1.90 bits per heavy atom. The Morgan fingerprint density at radius 1 is 1.20 bits per heavy atom. The molecule has 1 amide bonds. The summed E-state index contributed by atoms with van der Waals surface area (Å²) in [5.74, 6) is -0.524. The number of nitrogens with two attached hydrogens (primary N) is 1. The van der Waals surface area contributed by atoms with E-state index < -0.39 is 12.1 Å². The number of amidine groups is 1. The summed E-state index contributed by atoms with van der Waals surface area (Å²) >= 11 is 0. The predicted molar refractivity (Wildman–Crippen MR) is 109 cm³/mol. The van der Waals surface area contributed by atoms with Gasteiger partial charge in [0.25, 0.3) is 5.91 Å². The van der Waals surface area contributed by atoms with Gasteiger partial charge in [-0.05, 0) is 31.2 Å². The number of aliphatic carboxylic acids is 1. The van der Waals surface area contributed by atoms with Crippen molar-refractivity contribution in [2.24, 2.45) is 15.9 Å². The smallest absolute Gasteiger partial charge is 0.329 e. The molecule has 1 aromatic rings. The van der Waals surface area contributed by atoms with E-state index in [1.165, 1.54) is 0 Å². The number of piperidine rings is 1. The summed E-state index contributed by atoms with van der Waals surface area (Å²) in [6.07, 6.45) is 3.10. The van der Waals surface area contributed by atoms with Crippen LogP contribution in [0.5, 0.6) is 0 Å². The molecule has 2 heterocycles. The van der Waals surface area contributed by atoms with Crippen molar-refractivity contribution in [1.29, 1.82) is 0 Å². The number of likely N-dealkylation sites (tertiary alicyclic amines) is 1. The van der Waals surface area contributed by atoms with Crippen molar-refractivity contribution in [2.45, 2.75) is 50.4 Å². The van der Waals surface area contributed by atoms with E-state index in [0.29, 0.717) is 44.2 Å². The topological polar surface area (TPSA) is 127 Å². The minimum atomic E-state index is -0.983. The Balaban J connectivity index is 1.28. The number of carboxylic acids is 1. The maximum Gasteiger partial charge on any atom is 0.329 e. The van der Waals surface area contributed by atoms with E-state index in [0.717, 1.165) is 29.7 Å². The second kappa shape index (κ2) is 8.83. The molecule has 30 heavy (non-hydrogen) atoms. The fourth-order valence-corrected chi connectivity index (χ4v) is 3.62. The van der Waals surface area contributed by atoms with Crippen LogP contribution in [0.1, 0.15) is 43.2 Å². The van der Waals surface area contributed by atoms with Gasteiger partial charge in [-0.25, -0.2) is 4.79 Å². The van der Waals surface area contributed by atoms with Gasteiger partial charge in [0.2, 0.25) is 6.10 Å². The Labute approximate surface area is 174 Å². The first-order valence-electron chi connectivity index (χ1n) is 10.3. The van der Waals surface area contributed by atoms with E-state index in [2.05, 4.69) is 10.1 Å². The highest BCUT2D eigenvalue weighted by molar-refractivity contribution is 6.05. The van der Waals surface area contributed by atoms with Gasteiger partial charge in [-0.2, -0.15) is 0 Å². The van der Waals surface area contributed by atoms with E-state index >= 15 is 0 Å². The lowest BCUT2D eigenvalue weighted by Gasteiger charge is -2.32. The first-order chi connectivity index (χ1) is 14.5. The zero-order chi connectivity index (χ0) is 21.1. The standard InChI is InChI=1S/C21H26N4O5/c22-20(23-15-5-6-15)14-3-1-13(2-4-14)17-11-18(30-24-17)21(28)25-9-7-16(8-10-25)29-12-19(26)27/h1-4,15-16,18H,5-12H2,(H2,22,23)(H,26,27).